The third-order valence-corrected chi connectivity index (χ3v) is 1.52. The maximum Gasteiger partial charge on any atom is 0.131 e. The van der Waals surface area contributed by atoms with Crippen LogP contribution in [0.3, 0.4) is 0 Å². The van der Waals surface area contributed by atoms with Gasteiger partial charge in [0.05, 0.1) is 0 Å². The van der Waals surface area contributed by atoms with Gasteiger partial charge in [0.15, 0.2) is 0 Å². The number of terminal acetylenes is 1. The van der Waals surface area contributed by atoms with E-state index in [2.05, 4.69) is 10.9 Å². The Morgan fingerprint density at radius 1 is 1.36 bits per heavy atom. The van der Waals surface area contributed by atoms with Gasteiger partial charge in [-0.2, -0.15) is 0 Å². The Morgan fingerprint density at radius 3 is 2.36 bits per heavy atom. The van der Waals surface area contributed by atoms with Gasteiger partial charge < -0.3 is 0 Å². The molecule has 1 aromatic rings. The number of halogens is 2. The molecule has 0 bridgehead atoms. The van der Waals surface area contributed by atoms with Gasteiger partial charge in [-0.1, -0.05) is 23.2 Å². The highest BCUT2D eigenvalue weighted by molar-refractivity contribution is 6.32. The summed E-state index contributed by atoms with van der Waals surface area (Å²) in [6.07, 6.45) is 5.63. The molecule has 1 aromatic heterocycles. The van der Waals surface area contributed by atoms with Gasteiger partial charge in [-0.05, 0) is 17.7 Å². The first-order valence-corrected chi connectivity index (χ1v) is 3.73. The summed E-state index contributed by atoms with van der Waals surface area (Å²) in [5, 5.41) is 0.755. The topological polar surface area (TPSA) is 12.9 Å². The highest BCUT2D eigenvalue weighted by Gasteiger charge is 1.96. The molecular formula is C8H5Cl2N. The maximum absolute atomic E-state index is 5.62. The Balaban J connectivity index is 3.01. The minimum Gasteiger partial charge on any atom is -0.224 e. The third-order valence-electron chi connectivity index (χ3n) is 1.13. The lowest BCUT2D eigenvalue weighted by molar-refractivity contribution is 1.24. The molecule has 0 saturated heterocycles. The predicted octanol–water partition coefficient (Wildman–Crippen LogP) is 2.56. The van der Waals surface area contributed by atoms with E-state index in [0.29, 0.717) is 16.7 Å². The van der Waals surface area contributed by atoms with Gasteiger partial charge >= 0.3 is 0 Å². The fourth-order valence-electron chi connectivity index (χ4n) is 0.734. The number of hydrogen-bond acceptors (Lipinski definition) is 1. The van der Waals surface area contributed by atoms with Gasteiger partial charge in [-0.25, -0.2) is 4.98 Å². The molecule has 0 aliphatic rings. The average Bonchev–Trinajstić information content (AvgIpc) is 1.85. The Labute approximate surface area is 75.4 Å². The molecule has 0 aromatic carbocycles. The van der Waals surface area contributed by atoms with Crippen LogP contribution in [-0.2, 0) is 6.42 Å². The maximum atomic E-state index is 5.62. The van der Waals surface area contributed by atoms with Gasteiger partial charge in [0.25, 0.3) is 0 Å². The van der Waals surface area contributed by atoms with Gasteiger partial charge in [0.1, 0.15) is 10.3 Å². The third kappa shape index (κ3) is 2.42. The summed E-state index contributed by atoms with van der Waals surface area (Å²) < 4.78 is 0. The predicted molar refractivity (Wildman–Crippen MR) is 46.8 cm³/mol. The van der Waals surface area contributed by atoms with E-state index in [0.717, 1.165) is 5.56 Å². The zero-order valence-electron chi connectivity index (χ0n) is 5.64. The summed E-state index contributed by atoms with van der Waals surface area (Å²) in [6, 6.07) is 3.40. The minimum absolute atomic E-state index is 0.378. The first-order valence-electron chi connectivity index (χ1n) is 2.98. The molecule has 1 rings (SSSR count). The molecule has 1 nitrogen and oxygen atoms in total. The second-order valence-corrected chi connectivity index (χ2v) is 2.78. The quantitative estimate of drug-likeness (QED) is 0.485. The fraction of sp³-hybridized carbons (Fsp3) is 0.125. The molecule has 0 amide bonds. The molecule has 1 heterocycles. The minimum atomic E-state index is 0.378. The first kappa shape index (κ1) is 8.39. The molecule has 0 atom stereocenters. The summed E-state index contributed by atoms with van der Waals surface area (Å²) in [7, 11) is 0. The van der Waals surface area contributed by atoms with Crippen molar-refractivity contribution < 1.29 is 0 Å². The van der Waals surface area contributed by atoms with Crippen molar-refractivity contribution in [1.29, 1.82) is 0 Å². The van der Waals surface area contributed by atoms with Crippen LogP contribution in [-0.4, -0.2) is 4.98 Å². The Hall–Kier alpha value is -0.710. The molecular weight excluding hydrogens is 181 g/mol. The van der Waals surface area contributed by atoms with Crippen LogP contribution in [0.2, 0.25) is 10.3 Å². The van der Waals surface area contributed by atoms with Gasteiger partial charge in [-0.3, -0.25) is 0 Å². The summed E-state index contributed by atoms with van der Waals surface area (Å²) >= 11 is 11.2. The summed E-state index contributed by atoms with van der Waals surface area (Å²) in [5.74, 6) is 2.49. The lowest BCUT2D eigenvalue weighted by Crippen LogP contribution is -1.84. The van der Waals surface area contributed by atoms with E-state index in [1.54, 1.807) is 12.1 Å². The van der Waals surface area contributed by atoms with Crippen LogP contribution in [0.1, 0.15) is 5.56 Å². The van der Waals surface area contributed by atoms with Crippen LogP contribution in [0.4, 0.5) is 0 Å². The van der Waals surface area contributed by atoms with E-state index in [4.69, 9.17) is 29.6 Å². The first-order chi connectivity index (χ1) is 5.22. The number of nitrogens with zero attached hydrogens (tertiary/aromatic N) is 1. The van der Waals surface area contributed by atoms with E-state index in [1.165, 1.54) is 0 Å². The molecule has 56 valence electrons. The van der Waals surface area contributed by atoms with Crippen molar-refractivity contribution >= 4 is 23.2 Å². The van der Waals surface area contributed by atoms with Gasteiger partial charge in [0, 0.05) is 6.42 Å². The van der Waals surface area contributed by atoms with Crippen molar-refractivity contribution in [2.45, 2.75) is 6.42 Å². The molecule has 0 fully saturated rings. The fourth-order valence-corrected chi connectivity index (χ4v) is 1.24. The molecule has 0 saturated carbocycles. The second-order valence-electron chi connectivity index (χ2n) is 2.00. The summed E-state index contributed by atoms with van der Waals surface area (Å²) in [6.45, 7) is 0. The zero-order valence-corrected chi connectivity index (χ0v) is 7.15. The molecule has 0 aliphatic carbocycles. The van der Waals surface area contributed by atoms with Crippen molar-refractivity contribution in [3.63, 3.8) is 0 Å². The van der Waals surface area contributed by atoms with Crippen LogP contribution in [0.25, 0.3) is 0 Å². The van der Waals surface area contributed by atoms with Crippen LogP contribution >= 0.6 is 23.2 Å². The lowest BCUT2D eigenvalue weighted by atomic mass is 10.2. The number of aromatic nitrogens is 1. The summed E-state index contributed by atoms with van der Waals surface area (Å²) in [5.41, 5.74) is 0.914. The van der Waals surface area contributed by atoms with Crippen LogP contribution in [0.5, 0.6) is 0 Å². The van der Waals surface area contributed by atoms with Crippen molar-refractivity contribution in [3.8, 4) is 12.3 Å². The van der Waals surface area contributed by atoms with Crippen molar-refractivity contribution in [1.82, 2.24) is 4.98 Å². The van der Waals surface area contributed by atoms with E-state index in [9.17, 15) is 0 Å². The average molecular weight is 186 g/mol. The molecule has 11 heavy (non-hydrogen) atoms. The van der Waals surface area contributed by atoms with E-state index >= 15 is 0 Å². The van der Waals surface area contributed by atoms with Gasteiger partial charge in [-0.15, -0.1) is 12.3 Å². The second kappa shape index (κ2) is 3.61. The number of pyridine rings is 1. The van der Waals surface area contributed by atoms with Crippen LogP contribution in [0, 0.1) is 12.3 Å². The molecule has 3 heteroatoms. The normalized spacial score (nSPS) is 9.18. The Bertz CT molecular complexity index is 281. The number of hydrogen-bond donors (Lipinski definition) is 0. The number of rotatable bonds is 1. The van der Waals surface area contributed by atoms with E-state index < -0.39 is 0 Å². The van der Waals surface area contributed by atoms with E-state index in [1.807, 2.05) is 0 Å². The molecule has 0 spiro atoms. The smallest absolute Gasteiger partial charge is 0.131 e. The molecule has 0 N–H and O–H groups in total. The monoisotopic (exact) mass is 185 g/mol. The van der Waals surface area contributed by atoms with Crippen LogP contribution in [0.15, 0.2) is 12.1 Å². The standard InChI is InChI=1S/C8H5Cl2N/c1-2-3-6-4-7(9)11-8(10)5-6/h1,4-5H,3H2. The van der Waals surface area contributed by atoms with Crippen molar-refractivity contribution in [2.24, 2.45) is 0 Å². The van der Waals surface area contributed by atoms with Crippen molar-refractivity contribution in [3.05, 3.63) is 28.0 Å². The van der Waals surface area contributed by atoms with Crippen molar-refractivity contribution in [2.75, 3.05) is 0 Å². The molecule has 0 radical (unpaired) electrons. The largest absolute Gasteiger partial charge is 0.224 e. The van der Waals surface area contributed by atoms with Gasteiger partial charge in [0.2, 0.25) is 0 Å². The van der Waals surface area contributed by atoms with E-state index in [-0.39, 0.29) is 0 Å². The highest BCUT2D eigenvalue weighted by atomic mass is 35.5. The molecule has 0 aliphatic heterocycles. The molecule has 0 unspecified atom stereocenters. The zero-order chi connectivity index (χ0) is 8.27. The Kier molecular flexibility index (Phi) is 2.76. The lowest BCUT2D eigenvalue weighted by Gasteiger charge is -1.96. The summed E-state index contributed by atoms with van der Waals surface area (Å²) in [4.78, 5) is 3.78. The Morgan fingerprint density at radius 2 is 1.91 bits per heavy atom. The SMILES string of the molecule is C#CCc1cc(Cl)nc(Cl)c1. The van der Waals surface area contributed by atoms with Crippen LogP contribution < -0.4 is 0 Å². The highest BCUT2D eigenvalue weighted by Crippen LogP contribution is 2.14.